The number of nitrogens with one attached hydrogen (secondary N) is 2. The van der Waals surface area contributed by atoms with E-state index in [2.05, 4.69) is 10.6 Å². The number of hydrogen-bond donors (Lipinski definition) is 5. The molecule has 156 valence electrons. The van der Waals surface area contributed by atoms with Crippen molar-refractivity contribution in [1.29, 1.82) is 0 Å². The van der Waals surface area contributed by atoms with Crippen LogP contribution in [-0.4, -0.2) is 52.0 Å². The van der Waals surface area contributed by atoms with Crippen LogP contribution in [0.1, 0.15) is 60.3 Å². The second-order valence-corrected chi connectivity index (χ2v) is 9.56. The molecular weight excluding hydrogens is 357 g/mol. The van der Waals surface area contributed by atoms with Crippen molar-refractivity contribution in [2.75, 3.05) is 0 Å². The molecule has 1 aliphatic rings. The van der Waals surface area contributed by atoms with E-state index in [4.69, 9.17) is 10.8 Å². The molecule has 1 saturated carbocycles. The van der Waals surface area contributed by atoms with Gasteiger partial charge in [-0.15, -0.1) is 0 Å². The summed E-state index contributed by atoms with van der Waals surface area (Å²) >= 11 is 0. The highest BCUT2D eigenvalue weighted by Gasteiger charge is 2.53. The predicted molar refractivity (Wildman–Crippen MR) is 97.6 cm³/mol. The van der Waals surface area contributed by atoms with Crippen LogP contribution in [0.15, 0.2) is 0 Å². The van der Waals surface area contributed by atoms with E-state index in [0.717, 1.165) is 6.42 Å². The molecule has 0 radical (unpaired) electrons. The zero-order chi connectivity index (χ0) is 21.2. The number of alkyl halides is 1. The molecule has 2 atom stereocenters. The summed E-state index contributed by atoms with van der Waals surface area (Å²) in [5.74, 6) is -1.79. The molecule has 8 nitrogen and oxygen atoms in total. The van der Waals surface area contributed by atoms with Gasteiger partial charge in [0.2, 0.25) is 11.8 Å². The molecule has 0 aromatic heterocycles. The van der Waals surface area contributed by atoms with E-state index in [-0.39, 0.29) is 30.1 Å². The van der Waals surface area contributed by atoms with Gasteiger partial charge in [0, 0.05) is 12.8 Å². The van der Waals surface area contributed by atoms with Crippen molar-refractivity contribution in [3.8, 4) is 0 Å². The van der Waals surface area contributed by atoms with E-state index in [9.17, 15) is 23.9 Å². The number of carboxylic acid groups (broad SMARTS) is 1. The summed E-state index contributed by atoms with van der Waals surface area (Å²) in [7, 11) is 0. The molecule has 0 spiro atoms. The average molecular weight is 389 g/mol. The fourth-order valence-electron chi connectivity index (χ4n) is 4.15. The Morgan fingerprint density at radius 3 is 2.11 bits per heavy atom. The molecule has 0 saturated heterocycles. The van der Waals surface area contributed by atoms with Crippen molar-refractivity contribution in [1.82, 2.24) is 10.6 Å². The highest BCUT2D eigenvalue weighted by Crippen LogP contribution is 2.39. The number of aliphatic hydroxyl groups is 1. The van der Waals surface area contributed by atoms with Gasteiger partial charge >= 0.3 is 6.09 Å². The minimum Gasteiger partial charge on any atom is -0.465 e. The van der Waals surface area contributed by atoms with E-state index < -0.39 is 41.8 Å². The van der Waals surface area contributed by atoms with Crippen LogP contribution in [0.4, 0.5) is 9.18 Å². The Kier molecular flexibility index (Phi) is 6.85. The number of carbonyl (C=O) groups excluding carboxylic acids is 2. The monoisotopic (exact) mass is 389 g/mol. The molecule has 27 heavy (non-hydrogen) atoms. The number of primary amides is 1. The average Bonchev–Trinajstić information content (AvgIpc) is 2.39. The van der Waals surface area contributed by atoms with Gasteiger partial charge in [-0.05, 0) is 23.7 Å². The topological polar surface area (TPSA) is 142 Å². The molecule has 0 heterocycles. The fraction of sp³-hybridized carbons (Fsp3) is 0.833. The molecule has 1 rings (SSSR count). The number of halogens is 1. The van der Waals surface area contributed by atoms with Crippen molar-refractivity contribution in [2.24, 2.45) is 16.6 Å². The number of hydrogen-bond acceptors (Lipinski definition) is 4. The molecule has 0 aliphatic heterocycles. The largest absolute Gasteiger partial charge is 0.465 e. The molecule has 9 heteroatoms. The quantitative estimate of drug-likeness (QED) is 0.425. The first-order valence-corrected chi connectivity index (χ1v) is 9.00. The third-order valence-electron chi connectivity index (χ3n) is 4.72. The van der Waals surface area contributed by atoms with Crippen LogP contribution in [0, 0.1) is 10.8 Å². The van der Waals surface area contributed by atoms with Crippen LogP contribution in [0.2, 0.25) is 0 Å². The van der Waals surface area contributed by atoms with E-state index in [1.165, 1.54) is 0 Å². The van der Waals surface area contributed by atoms with Gasteiger partial charge in [0.05, 0.1) is 5.54 Å². The first-order chi connectivity index (χ1) is 12.1. The van der Waals surface area contributed by atoms with Crippen LogP contribution in [0.5, 0.6) is 0 Å². The summed E-state index contributed by atoms with van der Waals surface area (Å²) in [4.78, 5) is 35.2. The molecular formula is C18H32FN3O5. The Hall–Kier alpha value is -1.90. The number of nitrogens with two attached hydrogens (primary N) is 1. The van der Waals surface area contributed by atoms with E-state index >= 15 is 0 Å². The highest BCUT2D eigenvalue weighted by molar-refractivity contribution is 5.88. The Morgan fingerprint density at radius 1 is 1.22 bits per heavy atom. The Bertz CT molecular complexity index is 582. The smallest absolute Gasteiger partial charge is 0.405 e. The Balaban J connectivity index is 2.97. The lowest BCUT2D eigenvalue weighted by molar-refractivity contribution is -0.142. The second-order valence-electron chi connectivity index (χ2n) is 9.56. The minimum atomic E-state index is -1.75. The standard InChI is InChI=1S/C18H32FN3O5/c1-16(2,3)9-17(4,5)8-11(21-15(26)27)14(25)22-18(6-10(19)7-18)12(23)13(20)24/h10-12,21,23H,6-9H2,1-5H3,(H2,20,24)(H,22,25)(H,26,27)/t10?,11-,12?,18?/m0/s1. The van der Waals surface area contributed by atoms with Crippen molar-refractivity contribution in [3.63, 3.8) is 0 Å². The summed E-state index contributed by atoms with van der Waals surface area (Å²) in [6.07, 6.45) is -3.98. The zero-order valence-electron chi connectivity index (χ0n) is 16.6. The van der Waals surface area contributed by atoms with Gasteiger partial charge in [-0.1, -0.05) is 34.6 Å². The Labute approximate surface area is 159 Å². The summed E-state index contributed by atoms with van der Waals surface area (Å²) in [5, 5.41) is 23.8. The first-order valence-electron chi connectivity index (χ1n) is 9.00. The van der Waals surface area contributed by atoms with Gasteiger partial charge in [-0.2, -0.15) is 0 Å². The lowest BCUT2D eigenvalue weighted by Crippen LogP contribution is -2.69. The molecule has 1 unspecified atom stereocenters. The van der Waals surface area contributed by atoms with E-state index in [1.807, 2.05) is 34.6 Å². The van der Waals surface area contributed by atoms with Gasteiger partial charge in [-0.3, -0.25) is 9.59 Å². The molecule has 6 N–H and O–H groups in total. The zero-order valence-corrected chi connectivity index (χ0v) is 16.6. The summed E-state index contributed by atoms with van der Waals surface area (Å²) < 4.78 is 13.4. The first kappa shape index (κ1) is 23.1. The van der Waals surface area contributed by atoms with Crippen molar-refractivity contribution in [2.45, 2.75) is 84.2 Å². The maximum absolute atomic E-state index is 13.4. The molecule has 0 bridgehead atoms. The number of carbonyl (C=O) groups is 3. The lowest BCUT2D eigenvalue weighted by atomic mass is 9.70. The molecule has 1 aliphatic carbocycles. The fourth-order valence-corrected chi connectivity index (χ4v) is 4.15. The minimum absolute atomic E-state index is 0.0352. The van der Waals surface area contributed by atoms with Crippen LogP contribution >= 0.6 is 0 Å². The maximum atomic E-state index is 13.4. The van der Waals surface area contributed by atoms with Gasteiger partial charge in [0.15, 0.2) is 6.10 Å². The van der Waals surface area contributed by atoms with E-state index in [1.54, 1.807) is 0 Å². The third-order valence-corrected chi connectivity index (χ3v) is 4.72. The predicted octanol–water partition coefficient (Wildman–Crippen LogP) is 1.31. The summed E-state index contributed by atoms with van der Waals surface area (Å²) in [5.41, 5.74) is 3.19. The molecule has 1 fully saturated rings. The molecule has 3 amide bonds. The van der Waals surface area contributed by atoms with Gasteiger partial charge in [0.25, 0.3) is 0 Å². The SMILES string of the molecule is CC(C)(C)CC(C)(C)C[C@H](NC(=O)O)C(=O)NC1(C(O)C(N)=O)CC(F)C1. The van der Waals surface area contributed by atoms with E-state index in [0.29, 0.717) is 0 Å². The lowest BCUT2D eigenvalue weighted by Gasteiger charge is -2.47. The van der Waals surface area contributed by atoms with Crippen LogP contribution in [0.25, 0.3) is 0 Å². The van der Waals surface area contributed by atoms with Crippen molar-refractivity contribution < 1.29 is 29.0 Å². The third kappa shape index (κ3) is 6.64. The van der Waals surface area contributed by atoms with Gasteiger partial charge in [-0.25, -0.2) is 9.18 Å². The molecule has 0 aromatic carbocycles. The van der Waals surface area contributed by atoms with Crippen molar-refractivity contribution in [3.05, 3.63) is 0 Å². The van der Waals surface area contributed by atoms with Crippen LogP contribution < -0.4 is 16.4 Å². The second kappa shape index (κ2) is 8.00. The summed E-state index contributed by atoms with van der Waals surface area (Å²) in [6, 6.07) is -1.12. The van der Waals surface area contributed by atoms with Gasteiger partial charge < -0.3 is 26.6 Å². The normalized spacial score (nSPS) is 25.1. The number of aliphatic hydroxyl groups excluding tert-OH is 1. The van der Waals surface area contributed by atoms with Crippen LogP contribution in [0.3, 0.4) is 0 Å². The maximum Gasteiger partial charge on any atom is 0.405 e. The number of amides is 3. The Morgan fingerprint density at radius 2 is 1.74 bits per heavy atom. The highest BCUT2D eigenvalue weighted by atomic mass is 19.1. The molecule has 0 aromatic rings. The number of rotatable bonds is 8. The summed E-state index contributed by atoms with van der Waals surface area (Å²) in [6.45, 7) is 9.99. The van der Waals surface area contributed by atoms with Crippen molar-refractivity contribution >= 4 is 17.9 Å². The van der Waals surface area contributed by atoms with Crippen LogP contribution in [-0.2, 0) is 9.59 Å². The van der Waals surface area contributed by atoms with Gasteiger partial charge in [0.1, 0.15) is 12.2 Å².